The Labute approximate surface area is 143 Å². The van der Waals surface area contributed by atoms with Crippen molar-refractivity contribution in [2.45, 2.75) is 31.3 Å². The molecule has 0 fully saturated rings. The first-order valence-corrected chi connectivity index (χ1v) is 8.74. The van der Waals surface area contributed by atoms with Crippen molar-refractivity contribution in [3.63, 3.8) is 0 Å². The summed E-state index contributed by atoms with van der Waals surface area (Å²) in [5, 5.41) is 15.7. The zero-order valence-electron chi connectivity index (χ0n) is 12.4. The fourth-order valence-corrected chi connectivity index (χ4v) is 4.22. The summed E-state index contributed by atoms with van der Waals surface area (Å²) in [4.78, 5) is 13.3. The van der Waals surface area contributed by atoms with E-state index in [-0.39, 0.29) is 29.5 Å². The van der Waals surface area contributed by atoms with Gasteiger partial charge in [-0.1, -0.05) is 17.7 Å². The molecule has 6 heteroatoms. The van der Waals surface area contributed by atoms with Crippen LogP contribution in [0.2, 0.25) is 5.02 Å². The van der Waals surface area contributed by atoms with Crippen LogP contribution in [-0.2, 0) is 23.2 Å². The van der Waals surface area contributed by atoms with Gasteiger partial charge in [0.05, 0.1) is 13.0 Å². The average Bonchev–Trinajstić information content (AvgIpc) is 3.00. The van der Waals surface area contributed by atoms with Gasteiger partial charge in [-0.2, -0.15) is 0 Å². The van der Waals surface area contributed by atoms with Gasteiger partial charge in [0.2, 0.25) is 5.91 Å². The molecule has 1 amide bonds. The standard InChI is InChI=1S/C17H17ClFNO2S/c18-13-3-1-4-14(19)11(13)9-16(21)20-10-17(22)7-2-5-15-12(17)6-8-23-15/h1,3-4,6,8,22H,2,5,7,9-10H2,(H,20,21). The average molecular weight is 354 g/mol. The van der Waals surface area contributed by atoms with E-state index in [1.54, 1.807) is 17.4 Å². The van der Waals surface area contributed by atoms with Crippen LogP contribution >= 0.6 is 22.9 Å². The zero-order chi connectivity index (χ0) is 16.4. The molecule has 1 aliphatic carbocycles. The maximum absolute atomic E-state index is 13.7. The lowest BCUT2D eigenvalue weighted by molar-refractivity contribution is -0.122. The molecule has 0 spiro atoms. The number of nitrogens with one attached hydrogen (secondary N) is 1. The van der Waals surface area contributed by atoms with Crippen LogP contribution < -0.4 is 5.32 Å². The number of aryl methyl sites for hydroxylation is 1. The minimum atomic E-state index is -1.04. The number of amides is 1. The molecule has 122 valence electrons. The Morgan fingerprint density at radius 2 is 2.26 bits per heavy atom. The maximum atomic E-state index is 13.7. The van der Waals surface area contributed by atoms with Gasteiger partial charge in [-0.05, 0) is 48.4 Å². The number of fused-ring (bicyclic) bond motifs is 1. The summed E-state index contributed by atoms with van der Waals surface area (Å²) in [7, 11) is 0. The fourth-order valence-electron chi connectivity index (χ4n) is 2.98. The van der Waals surface area contributed by atoms with Crippen LogP contribution in [0.1, 0.15) is 28.8 Å². The first kappa shape index (κ1) is 16.4. The lowest BCUT2D eigenvalue weighted by Gasteiger charge is -2.32. The number of benzene rings is 1. The van der Waals surface area contributed by atoms with Crippen LogP contribution in [0.3, 0.4) is 0 Å². The largest absolute Gasteiger partial charge is 0.383 e. The third kappa shape index (κ3) is 3.42. The van der Waals surface area contributed by atoms with Crippen LogP contribution in [0, 0.1) is 5.82 Å². The molecular weight excluding hydrogens is 337 g/mol. The minimum absolute atomic E-state index is 0.127. The number of halogens is 2. The lowest BCUT2D eigenvalue weighted by atomic mass is 9.83. The van der Waals surface area contributed by atoms with E-state index in [0.29, 0.717) is 6.42 Å². The lowest BCUT2D eigenvalue weighted by Crippen LogP contribution is -2.43. The molecular formula is C17H17ClFNO2S. The van der Waals surface area contributed by atoms with E-state index >= 15 is 0 Å². The van der Waals surface area contributed by atoms with Crippen LogP contribution in [0.25, 0.3) is 0 Å². The summed E-state index contributed by atoms with van der Waals surface area (Å²) in [5.74, 6) is -0.850. The smallest absolute Gasteiger partial charge is 0.224 e. The molecule has 0 saturated heterocycles. The van der Waals surface area contributed by atoms with Crippen molar-refractivity contribution in [3.8, 4) is 0 Å². The molecule has 0 radical (unpaired) electrons. The number of carbonyl (C=O) groups excluding carboxylic acids is 1. The number of aliphatic hydroxyl groups is 1. The summed E-state index contributed by atoms with van der Waals surface area (Å²) in [5.41, 5.74) is 0.0407. The third-order valence-electron chi connectivity index (χ3n) is 4.22. The molecule has 1 aromatic heterocycles. The molecule has 2 N–H and O–H groups in total. The molecule has 0 aliphatic heterocycles. The Bertz CT molecular complexity index is 713. The van der Waals surface area contributed by atoms with Crippen molar-refractivity contribution >= 4 is 28.8 Å². The van der Waals surface area contributed by atoms with Crippen LogP contribution in [0.15, 0.2) is 29.6 Å². The first-order chi connectivity index (χ1) is 11.0. The second-order valence-corrected chi connectivity index (χ2v) is 7.20. The Morgan fingerprint density at radius 3 is 3.04 bits per heavy atom. The summed E-state index contributed by atoms with van der Waals surface area (Å²) < 4.78 is 13.7. The summed E-state index contributed by atoms with van der Waals surface area (Å²) in [6, 6.07) is 6.25. The van der Waals surface area contributed by atoms with Crippen LogP contribution in [0.5, 0.6) is 0 Å². The van der Waals surface area contributed by atoms with Crippen LogP contribution in [0.4, 0.5) is 4.39 Å². The van der Waals surface area contributed by atoms with Crippen LogP contribution in [-0.4, -0.2) is 17.6 Å². The van der Waals surface area contributed by atoms with E-state index in [2.05, 4.69) is 5.32 Å². The van der Waals surface area contributed by atoms with Crippen molar-refractivity contribution in [3.05, 3.63) is 56.5 Å². The Morgan fingerprint density at radius 1 is 1.43 bits per heavy atom. The van der Waals surface area contributed by atoms with Gasteiger partial charge >= 0.3 is 0 Å². The van der Waals surface area contributed by atoms with Crippen molar-refractivity contribution in [2.75, 3.05) is 6.54 Å². The van der Waals surface area contributed by atoms with E-state index in [1.165, 1.54) is 17.0 Å². The topological polar surface area (TPSA) is 49.3 Å². The number of hydrogen-bond donors (Lipinski definition) is 2. The van der Waals surface area contributed by atoms with Gasteiger partial charge in [0, 0.05) is 15.5 Å². The maximum Gasteiger partial charge on any atom is 0.224 e. The van der Waals surface area contributed by atoms with Gasteiger partial charge in [0.15, 0.2) is 0 Å². The molecule has 3 nitrogen and oxygen atoms in total. The zero-order valence-corrected chi connectivity index (χ0v) is 14.0. The van der Waals surface area contributed by atoms with Gasteiger partial charge in [0.1, 0.15) is 11.4 Å². The fraction of sp³-hybridized carbons (Fsp3) is 0.353. The quantitative estimate of drug-likeness (QED) is 0.884. The van der Waals surface area contributed by atoms with E-state index in [0.717, 1.165) is 18.4 Å². The SMILES string of the molecule is O=C(Cc1c(F)cccc1Cl)NCC1(O)CCCc2sccc21. The highest BCUT2D eigenvalue weighted by Crippen LogP contribution is 2.37. The molecule has 0 bridgehead atoms. The predicted octanol–water partition coefficient (Wildman–Crippen LogP) is 3.42. The molecule has 1 aliphatic rings. The monoisotopic (exact) mass is 353 g/mol. The first-order valence-electron chi connectivity index (χ1n) is 7.48. The second kappa shape index (κ2) is 6.59. The Hall–Kier alpha value is -1.43. The number of hydrogen-bond acceptors (Lipinski definition) is 3. The van der Waals surface area contributed by atoms with E-state index in [1.807, 2.05) is 11.4 Å². The molecule has 23 heavy (non-hydrogen) atoms. The molecule has 3 rings (SSSR count). The molecule has 1 unspecified atom stereocenters. The van der Waals surface area contributed by atoms with Crippen molar-refractivity contribution in [1.82, 2.24) is 5.32 Å². The number of thiophene rings is 1. The van der Waals surface area contributed by atoms with Crippen molar-refractivity contribution in [1.29, 1.82) is 0 Å². The van der Waals surface area contributed by atoms with E-state index in [4.69, 9.17) is 11.6 Å². The molecule has 2 aromatic rings. The van der Waals surface area contributed by atoms with Gasteiger partial charge in [0.25, 0.3) is 0 Å². The van der Waals surface area contributed by atoms with Gasteiger partial charge < -0.3 is 10.4 Å². The molecule has 1 atom stereocenters. The minimum Gasteiger partial charge on any atom is -0.383 e. The Balaban J connectivity index is 1.66. The van der Waals surface area contributed by atoms with Gasteiger partial charge in [-0.15, -0.1) is 11.3 Å². The highest BCUT2D eigenvalue weighted by molar-refractivity contribution is 7.10. The molecule has 1 aromatic carbocycles. The normalized spacial score (nSPS) is 20.1. The Kier molecular flexibility index (Phi) is 4.71. The summed E-state index contributed by atoms with van der Waals surface area (Å²) in [6.07, 6.45) is 2.32. The highest BCUT2D eigenvalue weighted by atomic mass is 35.5. The van der Waals surface area contributed by atoms with Crippen molar-refractivity contribution in [2.24, 2.45) is 0 Å². The van der Waals surface area contributed by atoms with Crippen molar-refractivity contribution < 1.29 is 14.3 Å². The van der Waals surface area contributed by atoms with E-state index in [9.17, 15) is 14.3 Å². The summed E-state index contributed by atoms with van der Waals surface area (Å²) >= 11 is 7.56. The van der Waals surface area contributed by atoms with Gasteiger partial charge in [-0.3, -0.25) is 4.79 Å². The number of rotatable bonds is 4. The molecule has 0 saturated carbocycles. The second-order valence-electron chi connectivity index (χ2n) is 5.80. The summed E-state index contributed by atoms with van der Waals surface area (Å²) in [6.45, 7) is 0.127. The molecule has 1 heterocycles. The highest BCUT2D eigenvalue weighted by Gasteiger charge is 2.35. The van der Waals surface area contributed by atoms with Gasteiger partial charge in [-0.25, -0.2) is 4.39 Å². The van der Waals surface area contributed by atoms with E-state index < -0.39 is 11.4 Å². The third-order valence-corrected chi connectivity index (χ3v) is 5.55. The predicted molar refractivity (Wildman–Crippen MR) is 89.3 cm³/mol. The number of carbonyl (C=O) groups is 1.